The van der Waals surface area contributed by atoms with Gasteiger partial charge in [0.2, 0.25) is 0 Å². The molecule has 0 saturated carbocycles. The van der Waals surface area contributed by atoms with Crippen LogP contribution in [0.4, 0.5) is 13.2 Å². The van der Waals surface area contributed by atoms with Crippen molar-refractivity contribution < 1.29 is 32.5 Å². The summed E-state index contributed by atoms with van der Waals surface area (Å²) < 4.78 is 48.3. The van der Waals surface area contributed by atoms with E-state index >= 15 is 0 Å². The normalized spacial score (nSPS) is 11.6. The van der Waals surface area contributed by atoms with Gasteiger partial charge >= 0.3 is 6.18 Å². The number of carbonyl (C=O) groups excluding carboxylic acids is 1. The second kappa shape index (κ2) is 10.6. The molecule has 5 nitrogen and oxygen atoms in total. The fourth-order valence-corrected chi connectivity index (χ4v) is 2.48. The molecule has 0 spiro atoms. The topological polar surface area (TPSA) is 67.8 Å². The van der Waals surface area contributed by atoms with E-state index in [1.165, 1.54) is 19.2 Å². The number of nitrogens with one attached hydrogen (secondary N) is 1. The highest BCUT2D eigenvalue weighted by Crippen LogP contribution is 2.29. The number of aliphatic hydroxyl groups excluding tert-OH is 1. The Morgan fingerprint density at radius 3 is 2.45 bits per heavy atom. The maximum absolute atomic E-state index is 12.6. The van der Waals surface area contributed by atoms with Crippen LogP contribution in [0, 0.1) is 0 Å². The SMILES string of the molecule is COc1ccc(C(=O)NCCOCCO)cc1C=Cc1ccc(C(F)(F)F)cc1. The highest BCUT2D eigenvalue weighted by atomic mass is 19.4. The van der Waals surface area contributed by atoms with Crippen molar-refractivity contribution in [2.75, 3.05) is 33.5 Å². The number of halogens is 3. The Kier molecular flexibility index (Phi) is 8.23. The van der Waals surface area contributed by atoms with Gasteiger partial charge in [-0.3, -0.25) is 4.79 Å². The minimum Gasteiger partial charge on any atom is -0.496 e. The number of rotatable bonds is 9. The van der Waals surface area contributed by atoms with Crippen molar-refractivity contribution >= 4 is 18.1 Å². The fraction of sp³-hybridized carbons (Fsp3) is 0.286. The lowest BCUT2D eigenvalue weighted by atomic mass is 10.1. The third-order valence-corrected chi connectivity index (χ3v) is 3.95. The summed E-state index contributed by atoms with van der Waals surface area (Å²) in [6, 6.07) is 9.65. The number of hydrogen-bond acceptors (Lipinski definition) is 4. The second-order valence-corrected chi connectivity index (χ2v) is 6.00. The Morgan fingerprint density at radius 1 is 1.10 bits per heavy atom. The molecule has 2 aromatic carbocycles. The van der Waals surface area contributed by atoms with E-state index < -0.39 is 11.7 Å². The van der Waals surface area contributed by atoms with E-state index in [9.17, 15) is 18.0 Å². The van der Waals surface area contributed by atoms with E-state index in [0.717, 1.165) is 12.1 Å². The van der Waals surface area contributed by atoms with E-state index in [2.05, 4.69) is 5.32 Å². The molecule has 0 aliphatic rings. The molecule has 2 rings (SSSR count). The second-order valence-electron chi connectivity index (χ2n) is 6.00. The molecule has 0 aliphatic carbocycles. The van der Waals surface area contributed by atoms with Crippen LogP contribution in [0.15, 0.2) is 42.5 Å². The van der Waals surface area contributed by atoms with Gasteiger partial charge in [-0.1, -0.05) is 24.3 Å². The smallest absolute Gasteiger partial charge is 0.416 e. The Morgan fingerprint density at radius 2 is 1.83 bits per heavy atom. The van der Waals surface area contributed by atoms with Crippen LogP contribution in [0.2, 0.25) is 0 Å². The molecule has 0 saturated heterocycles. The van der Waals surface area contributed by atoms with Gasteiger partial charge in [0, 0.05) is 17.7 Å². The quantitative estimate of drug-likeness (QED) is 0.490. The Labute approximate surface area is 166 Å². The summed E-state index contributed by atoms with van der Waals surface area (Å²) in [6.07, 6.45) is -1.07. The average Bonchev–Trinajstić information content (AvgIpc) is 2.71. The lowest BCUT2D eigenvalue weighted by molar-refractivity contribution is -0.137. The molecule has 0 radical (unpaired) electrons. The van der Waals surface area contributed by atoms with Crippen molar-refractivity contribution in [2.45, 2.75) is 6.18 Å². The van der Waals surface area contributed by atoms with Crippen LogP contribution < -0.4 is 10.1 Å². The highest BCUT2D eigenvalue weighted by Gasteiger charge is 2.29. The lowest BCUT2D eigenvalue weighted by Crippen LogP contribution is -2.27. The molecular formula is C21H22F3NO4. The third-order valence-electron chi connectivity index (χ3n) is 3.95. The molecule has 0 aliphatic heterocycles. The van der Waals surface area contributed by atoms with Crippen LogP contribution in [-0.2, 0) is 10.9 Å². The summed E-state index contributed by atoms with van der Waals surface area (Å²) in [7, 11) is 1.49. The Balaban J connectivity index is 2.10. The minimum absolute atomic E-state index is 0.0823. The summed E-state index contributed by atoms with van der Waals surface area (Å²) in [5.41, 5.74) is 0.876. The molecule has 156 valence electrons. The van der Waals surface area contributed by atoms with Crippen molar-refractivity contribution in [1.29, 1.82) is 0 Å². The first-order chi connectivity index (χ1) is 13.8. The predicted octanol–water partition coefficient (Wildman–Crippen LogP) is 3.62. The summed E-state index contributed by atoms with van der Waals surface area (Å²) in [6.45, 7) is 0.697. The van der Waals surface area contributed by atoms with Crippen LogP contribution in [0.5, 0.6) is 5.75 Å². The van der Waals surface area contributed by atoms with Crippen molar-refractivity contribution in [3.8, 4) is 5.75 Å². The van der Waals surface area contributed by atoms with Crippen LogP contribution in [0.25, 0.3) is 12.2 Å². The van der Waals surface area contributed by atoms with E-state index in [4.69, 9.17) is 14.6 Å². The first-order valence-corrected chi connectivity index (χ1v) is 8.85. The highest BCUT2D eigenvalue weighted by molar-refractivity contribution is 5.95. The zero-order valence-electron chi connectivity index (χ0n) is 15.8. The molecule has 0 atom stereocenters. The molecule has 0 aromatic heterocycles. The molecule has 0 fully saturated rings. The number of aliphatic hydroxyl groups is 1. The maximum atomic E-state index is 12.6. The molecule has 8 heteroatoms. The maximum Gasteiger partial charge on any atom is 0.416 e. The van der Waals surface area contributed by atoms with Gasteiger partial charge in [0.15, 0.2) is 0 Å². The molecule has 1 amide bonds. The third kappa shape index (κ3) is 6.92. The van der Waals surface area contributed by atoms with E-state index in [-0.39, 0.29) is 25.7 Å². The summed E-state index contributed by atoms with van der Waals surface area (Å²) in [5.74, 6) is 0.223. The zero-order valence-corrected chi connectivity index (χ0v) is 15.8. The molecule has 2 aromatic rings. The van der Waals surface area contributed by atoms with Crippen LogP contribution in [0.1, 0.15) is 27.0 Å². The number of methoxy groups -OCH3 is 1. The van der Waals surface area contributed by atoms with Gasteiger partial charge in [0.05, 0.1) is 32.5 Å². The average molecular weight is 409 g/mol. The van der Waals surface area contributed by atoms with Crippen LogP contribution >= 0.6 is 0 Å². The van der Waals surface area contributed by atoms with Gasteiger partial charge in [0.1, 0.15) is 5.75 Å². The summed E-state index contributed by atoms with van der Waals surface area (Å²) in [5, 5.41) is 11.3. The number of alkyl halides is 3. The van der Waals surface area contributed by atoms with Crippen molar-refractivity contribution in [3.63, 3.8) is 0 Å². The Bertz CT molecular complexity index is 833. The van der Waals surface area contributed by atoms with Gasteiger partial charge in [-0.05, 0) is 35.9 Å². The van der Waals surface area contributed by atoms with Crippen LogP contribution in [-0.4, -0.2) is 44.5 Å². The first-order valence-electron chi connectivity index (χ1n) is 8.85. The summed E-state index contributed by atoms with van der Waals surface area (Å²) in [4.78, 5) is 12.2. The minimum atomic E-state index is -4.38. The van der Waals surface area contributed by atoms with Gasteiger partial charge in [-0.2, -0.15) is 13.2 Å². The molecule has 2 N–H and O–H groups in total. The molecule has 0 heterocycles. The molecule has 0 unspecified atom stereocenters. The summed E-state index contributed by atoms with van der Waals surface area (Å²) >= 11 is 0. The number of amides is 1. The molecule has 0 bridgehead atoms. The molecule has 29 heavy (non-hydrogen) atoms. The molecular weight excluding hydrogens is 387 g/mol. The van der Waals surface area contributed by atoms with Gasteiger partial charge < -0.3 is 19.9 Å². The zero-order chi connectivity index (χ0) is 21.3. The van der Waals surface area contributed by atoms with E-state index in [1.807, 2.05) is 0 Å². The largest absolute Gasteiger partial charge is 0.496 e. The standard InChI is InChI=1S/C21H22F3NO4/c1-28-19-9-6-17(20(27)25-10-12-29-13-11-26)14-16(19)5-2-15-3-7-18(8-4-15)21(22,23)24/h2-9,14,26H,10-13H2,1H3,(H,25,27). The number of ether oxygens (including phenoxy) is 2. The van der Waals surface area contributed by atoms with Gasteiger partial charge in [-0.15, -0.1) is 0 Å². The van der Waals surface area contributed by atoms with Crippen molar-refractivity contribution in [1.82, 2.24) is 5.32 Å². The number of carbonyl (C=O) groups is 1. The van der Waals surface area contributed by atoms with Crippen molar-refractivity contribution in [3.05, 3.63) is 64.7 Å². The van der Waals surface area contributed by atoms with E-state index in [1.54, 1.807) is 30.4 Å². The van der Waals surface area contributed by atoms with Gasteiger partial charge in [0.25, 0.3) is 5.91 Å². The predicted molar refractivity (Wildman–Crippen MR) is 104 cm³/mol. The van der Waals surface area contributed by atoms with Crippen molar-refractivity contribution in [2.24, 2.45) is 0 Å². The fourth-order valence-electron chi connectivity index (χ4n) is 2.48. The first kappa shape index (κ1) is 22.4. The monoisotopic (exact) mass is 409 g/mol. The van der Waals surface area contributed by atoms with Gasteiger partial charge in [-0.25, -0.2) is 0 Å². The number of benzene rings is 2. The number of hydrogen-bond donors (Lipinski definition) is 2. The van der Waals surface area contributed by atoms with E-state index in [0.29, 0.717) is 29.0 Å². The van der Waals surface area contributed by atoms with Crippen LogP contribution in [0.3, 0.4) is 0 Å². The lowest BCUT2D eigenvalue weighted by Gasteiger charge is -2.09. The Hall–Kier alpha value is -2.84.